The van der Waals surface area contributed by atoms with Gasteiger partial charge in [-0.05, 0) is 54.9 Å². The third-order valence-corrected chi connectivity index (χ3v) is 4.53. The van der Waals surface area contributed by atoms with E-state index < -0.39 is 11.6 Å². The third-order valence-electron chi connectivity index (χ3n) is 4.28. The third kappa shape index (κ3) is 3.74. The van der Waals surface area contributed by atoms with Crippen molar-refractivity contribution in [3.63, 3.8) is 0 Å². The molecule has 3 rings (SSSR count). The van der Waals surface area contributed by atoms with E-state index in [0.29, 0.717) is 22.7 Å². The van der Waals surface area contributed by atoms with Crippen LogP contribution in [-0.2, 0) is 0 Å². The van der Waals surface area contributed by atoms with Gasteiger partial charge >= 0.3 is 0 Å². The number of halogens is 3. The zero-order valence-electron chi connectivity index (χ0n) is 12.9. The van der Waals surface area contributed by atoms with Gasteiger partial charge in [-0.3, -0.25) is 4.79 Å². The van der Waals surface area contributed by atoms with Crippen LogP contribution in [0.3, 0.4) is 0 Å². The topological polar surface area (TPSA) is 41.1 Å². The summed E-state index contributed by atoms with van der Waals surface area (Å²) < 4.78 is 26.7. The minimum absolute atomic E-state index is 0.0717. The van der Waals surface area contributed by atoms with Crippen LogP contribution >= 0.6 is 11.6 Å². The maximum absolute atomic E-state index is 13.5. The van der Waals surface area contributed by atoms with Gasteiger partial charge in [0.05, 0.1) is 0 Å². The Morgan fingerprint density at radius 1 is 1.12 bits per heavy atom. The number of carbonyl (C=O) groups excluding carboxylic acids is 1. The van der Waals surface area contributed by atoms with Gasteiger partial charge in [-0.15, -0.1) is 0 Å². The molecule has 1 saturated heterocycles. The molecule has 1 aliphatic heterocycles. The molecule has 1 amide bonds. The number of hydrogen-bond donors (Lipinski definition) is 2. The molecule has 2 aromatic carbocycles. The summed E-state index contributed by atoms with van der Waals surface area (Å²) in [7, 11) is 0. The van der Waals surface area contributed by atoms with Gasteiger partial charge in [-0.25, -0.2) is 8.78 Å². The average Bonchev–Trinajstić information content (AvgIpc) is 2.58. The van der Waals surface area contributed by atoms with Gasteiger partial charge in [0.15, 0.2) is 11.6 Å². The molecule has 0 bridgehead atoms. The molecule has 2 unspecified atom stereocenters. The summed E-state index contributed by atoms with van der Waals surface area (Å²) in [6, 6.07) is 10.3. The van der Waals surface area contributed by atoms with Gasteiger partial charge in [-0.2, -0.15) is 0 Å². The molecule has 1 fully saturated rings. The Morgan fingerprint density at radius 3 is 2.58 bits per heavy atom. The average molecular weight is 351 g/mol. The van der Waals surface area contributed by atoms with Crippen molar-refractivity contribution < 1.29 is 13.6 Å². The Bertz CT molecular complexity index is 736. The monoisotopic (exact) mass is 350 g/mol. The van der Waals surface area contributed by atoms with Crippen molar-refractivity contribution in [2.75, 3.05) is 13.1 Å². The molecule has 0 saturated carbocycles. The number of rotatable bonds is 3. The van der Waals surface area contributed by atoms with E-state index in [-0.39, 0.29) is 17.9 Å². The van der Waals surface area contributed by atoms with E-state index in [1.165, 1.54) is 6.07 Å². The smallest absolute Gasteiger partial charge is 0.251 e. The molecule has 0 aromatic heterocycles. The summed E-state index contributed by atoms with van der Waals surface area (Å²) in [4.78, 5) is 12.4. The van der Waals surface area contributed by atoms with Crippen LogP contribution in [0, 0.1) is 11.6 Å². The van der Waals surface area contributed by atoms with Crippen LogP contribution in [0.15, 0.2) is 42.5 Å². The van der Waals surface area contributed by atoms with E-state index in [1.54, 1.807) is 30.3 Å². The van der Waals surface area contributed by atoms with Gasteiger partial charge in [0, 0.05) is 29.1 Å². The predicted octanol–water partition coefficient (Wildman–Crippen LogP) is 3.49. The lowest BCUT2D eigenvalue weighted by atomic mass is 9.85. The highest BCUT2D eigenvalue weighted by molar-refractivity contribution is 6.30. The number of benzene rings is 2. The second kappa shape index (κ2) is 7.28. The first-order valence-corrected chi connectivity index (χ1v) is 8.14. The van der Waals surface area contributed by atoms with Crippen molar-refractivity contribution in [1.29, 1.82) is 0 Å². The molecule has 1 aliphatic rings. The SMILES string of the molecule is O=C(NC1CNCCC1c1ccc(F)c(F)c1)c1ccc(Cl)cc1. The maximum atomic E-state index is 13.5. The number of carbonyl (C=O) groups is 1. The Hall–Kier alpha value is -1.98. The molecular formula is C18H17ClF2N2O. The van der Waals surface area contributed by atoms with E-state index in [9.17, 15) is 13.6 Å². The first kappa shape index (κ1) is 16.9. The number of amides is 1. The van der Waals surface area contributed by atoms with Crippen molar-refractivity contribution in [2.45, 2.75) is 18.4 Å². The standard InChI is InChI=1S/C18H17ClF2N2O/c19-13-4-1-11(2-5-13)18(24)23-17-10-22-8-7-14(17)12-3-6-15(20)16(21)9-12/h1-6,9,14,17,22H,7-8,10H2,(H,23,24). The minimum Gasteiger partial charge on any atom is -0.347 e. The first-order valence-electron chi connectivity index (χ1n) is 7.76. The van der Waals surface area contributed by atoms with Gasteiger partial charge in [-0.1, -0.05) is 17.7 Å². The fraction of sp³-hybridized carbons (Fsp3) is 0.278. The summed E-state index contributed by atoms with van der Waals surface area (Å²) in [5, 5.41) is 6.76. The summed E-state index contributed by atoms with van der Waals surface area (Å²) in [6.45, 7) is 1.33. The molecule has 2 N–H and O–H groups in total. The molecule has 2 aromatic rings. The lowest BCUT2D eigenvalue weighted by Crippen LogP contribution is -2.50. The lowest BCUT2D eigenvalue weighted by molar-refractivity contribution is 0.0924. The van der Waals surface area contributed by atoms with E-state index in [2.05, 4.69) is 10.6 Å². The van der Waals surface area contributed by atoms with E-state index >= 15 is 0 Å². The van der Waals surface area contributed by atoms with Crippen LogP contribution in [0.1, 0.15) is 28.3 Å². The molecule has 126 valence electrons. The Kier molecular flexibility index (Phi) is 5.11. The highest BCUT2D eigenvalue weighted by atomic mass is 35.5. The van der Waals surface area contributed by atoms with Crippen molar-refractivity contribution in [1.82, 2.24) is 10.6 Å². The summed E-state index contributed by atoms with van der Waals surface area (Å²) in [5.41, 5.74) is 1.20. The fourth-order valence-corrected chi connectivity index (χ4v) is 3.13. The molecule has 0 spiro atoms. The zero-order chi connectivity index (χ0) is 17.1. The van der Waals surface area contributed by atoms with Crippen molar-refractivity contribution in [3.05, 3.63) is 70.2 Å². The van der Waals surface area contributed by atoms with E-state index in [4.69, 9.17) is 11.6 Å². The minimum atomic E-state index is -0.867. The summed E-state index contributed by atoms with van der Waals surface area (Å²) in [5.74, 6) is -2.02. The van der Waals surface area contributed by atoms with Crippen molar-refractivity contribution >= 4 is 17.5 Å². The van der Waals surface area contributed by atoms with Gasteiger partial charge < -0.3 is 10.6 Å². The normalized spacial score (nSPS) is 20.6. The molecule has 24 heavy (non-hydrogen) atoms. The second-order valence-electron chi connectivity index (χ2n) is 5.86. The maximum Gasteiger partial charge on any atom is 0.251 e. The fourth-order valence-electron chi connectivity index (χ4n) is 3.01. The van der Waals surface area contributed by atoms with Crippen LogP contribution < -0.4 is 10.6 Å². The predicted molar refractivity (Wildman–Crippen MR) is 89.3 cm³/mol. The molecular weight excluding hydrogens is 334 g/mol. The van der Waals surface area contributed by atoms with Crippen LogP contribution in [0.25, 0.3) is 0 Å². The zero-order valence-corrected chi connectivity index (χ0v) is 13.6. The van der Waals surface area contributed by atoms with Gasteiger partial charge in [0.1, 0.15) is 0 Å². The summed E-state index contributed by atoms with van der Waals surface area (Å²) in [6.07, 6.45) is 0.733. The number of piperidine rings is 1. The Balaban J connectivity index is 1.78. The number of hydrogen-bond acceptors (Lipinski definition) is 2. The van der Waals surface area contributed by atoms with E-state index in [0.717, 1.165) is 19.0 Å². The second-order valence-corrected chi connectivity index (χ2v) is 6.30. The van der Waals surface area contributed by atoms with Crippen molar-refractivity contribution in [2.24, 2.45) is 0 Å². The quantitative estimate of drug-likeness (QED) is 0.889. The van der Waals surface area contributed by atoms with Crippen LogP contribution in [0.5, 0.6) is 0 Å². The van der Waals surface area contributed by atoms with Crippen LogP contribution in [0.4, 0.5) is 8.78 Å². The summed E-state index contributed by atoms with van der Waals surface area (Å²) >= 11 is 5.83. The van der Waals surface area contributed by atoms with Gasteiger partial charge in [0.25, 0.3) is 5.91 Å². The lowest BCUT2D eigenvalue weighted by Gasteiger charge is -2.33. The molecule has 0 radical (unpaired) electrons. The molecule has 3 nitrogen and oxygen atoms in total. The van der Waals surface area contributed by atoms with Crippen LogP contribution in [0.2, 0.25) is 5.02 Å². The van der Waals surface area contributed by atoms with Crippen LogP contribution in [-0.4, -0.2) is 25.0 Å². The largest absolute Gasteiger partial charge is 0.347 e. The Morgan fingerprint density at radius 2 is 1.88 bits per heavy atom. The Labute approximate surface area is 144 Å². The first-order chi connectivity index (χ1) is 11.5. The van der Waals surface area contributed by atoms with Gasteiger partial charge in [0.2, 0.25) is 0 Å². The molecule has 1 heterocycles. The van der Waals surface area contributed by atoms with Crippen molar-refractivity contribution in [3.8, 4) is 0 Å². The molecule has 0 aliphatic carbocycles. The molecule has 2 atom stereocenters. The number of nitrogens with one attached hydrogen (secondary N) is 2. The van der Waals surface area contributed by atoms with E-state index in [1.807, 2.05) is 0 Å². The molecule has 6 heteroatoms. The highest BCUT2D eigenvalue weighted by Crippen LogP contribution is 2.27. The highest BCUT2D eigenvalue weighted by Gasteiger charge is 2.28.